The number of ether oxygens (including phenoxy) is 1. The van der Waals surface area contributed by atoms with Crippen LogP contribution in [0.2, 0.25) is 5.02 Å². The first-order valence-corrected chi connectivity index (χ1v) is 11.7. The molecule has 4 aromatic rings. The highest BCUT2D eigenvalue weighted by atomic mass is 35.5. The molecule has 180 valence electrons. The molecule has 1 heterocycles. The number of aromatic nitrogens is 2. The number of hydrogen-bond donors (Lipinski definition) is 1. The van der Waals surface area contributed by atoms with E-state index in [0.29, 0.717) is 28.4 Å². The maximum absolute atomic E-state index is 13.8. The molecule has 1 N–H and O–H groups in total. The Hall–Kier alpha value is -3.84. The molecular formula is C27H26ClN3O4. The van der Waals surface area contributed by atoms with Crippen LogP contribution in [-0.2, 0) is 4.79 Å². The summed E-state index contributed by atoms with van der Waals surface area (Å²) in [6, 6.07) is 19.8. The third kappa shape index (κ3) is 4.72. The quantitative estimate of drug-likeness (QED) is 0.408. The molecule has 0 spiro atoms. The minimum absolute atomic E-state index is 0.271. The van der Waals surface area contributed by atoms with Gasteiger partial charge in [0.15, 0.2) is 0 Å². The minimum Gasteiger partial charge on any atom is -0.497 e. The maximum atomic E-state index is 13.8. The topological polar surface area (TPSA) is 82.3 Å². The number of carbonyl (C=O) groups is 1. The van der Waals surface area contributed by atoms with E-state index >= 15 is 0 Å². The molecule has 0 radical (unpaired) electrons. The molecule has 4 rings (SSSR count). The van der Waals surface area contributed by atoms with Crippen molar-refractivity contribution in [3.63, 3.8) is 0 Å². The van der Waals surface area contributed by atoms with Crippen LogP contribution in [0, 0.1) is 0 Å². The van der Waals surface area contributed by atoms with Crippen LogP contribution in [0.1, 0.15) is 37.9 Å². The summed E-state index contributed by atoms with van der Waals surface area (Å²) in [7, 11) is 1.51. The van der Waals surface area contributed by atoms with Gasteiger partial charge in [-0.15, -0.1) is 0 Å². The molecule has 0 fully saturated rings. The van der Waals surface area contributed by atoms with Gasteiger partial charge < -0.3 is 10.1 Å². The lowest BCUT2D eigenvalue weighted by atomic mass is 10.1. The first-order chi connectivity index (χ1) is 16.8. The van der Waals surface area contributed by atoms with Crippen LogP contribution in [-0.4, -0.2) is 22.2 Å². The van der Waals surface area contributed by atoms with Crippen LogP contribution >= 0.6 is 11.6 Å². The number of hydrogen-bond acceptors (Lipinski definition) is 4. The Balaban J connectivity index is 1.90. The van der Waals surface area contributed by atoms with Crippen molar-refractivity contribution in [2.75, 3.05) is 7.11 Å². The molecule has 3 aromatic carbocycles. The van der Waals surface area contributed by atoms with Crippen LogP contribution in [0.15, 0.2) is 82.4 Å². The first kappa shape index (κ1) is 24.3. The van der Waals surface area contributed by atoms with E-state index in [1.54, 1.807) is 42.5 Å². The molecule has 1 aromatic heterocycles. The van der Waals surface area contributed by atoms with Crippen LogP contribution in [0.4, 0.5) is 0 Å². The number of methoxy groups -OCH3 is 1. The Morgan fingerprint density at radius 3 is 2.46 bits per heavy atom. The monoisotopic (exact) mass is 491 g/mol. The van der Waals surface area contributed by atoms with E-state index in [1.807, 2.05) is 44.2 Å². The predicted octanol–water partition coefficient (Wildman–Crippen LogP) is 4.64. The number of fused-ring (bicyclic) bond motifs is 1. The SMILES string of the molecule is CC[C@@H](C(=O)N[C@H](C)c1ccccc1)n1c(=O)n(-c2cccc(OC)c2)c(=O)c2ccc(Cl)cc21. The Kier molecular flexibility index (Phi) is 7.07. The third-order valence-electron chi connectivity index (χ3n) is 6.02. The normalized spacial score (nSPS) is 12.8. The lowest BCUT2D eigenvalue weighted by Crippen LogP contribution is -2.44. The largest absolute Gasteiger partial charge is 0.497 e. The molecule has 0 saturated heterocycles. The molecule has 8 heteroatoms. The number of benzene rings is 3. The molecule has 0 aliphatic rings. The van der Waals surface area contributed by atoms with Gasteiger partial charge in [-0.3, -0.25) is 14.2 Å². The average molecular weight is 492 g/mol. The lowest BCUT2D eigenvalue weighted by molar-refractivity contribution is -0.125. The van der Waals surface area contributed by atoms with Gasteiger partial charge >= 0.3 is 5.69 Å². The summed E-state index contributed by atoms with van der Waals surface area (Å²) in [5.41, 5.74) is 0.461. The predicted molar refractivity (Wildman–Crippen MR) is 138 cm³/mol. The van der Waals surface area contributed by atoms with E-state index in [4.69, 9.17) is 16.3 Å². The van der Waals surface area contributed by atoms with E-state index in [1.165, 1.54) is 11.7 Å². The molecule has 35 heavy (non-hydrogen) atoms. The van der Waals surface area contributed by atoms with Gasteiger partial charge in [0, 0.05) is 11.1 Å². The van der Waals surface area contributed by atoms with Crippen molar-refractivity contribution < 1.29 is 9.53 Å². The van der Waals surface area contributed by atoms with E-state index in [2.05, 4.69) is 5.32 Å². The summed E-state index contributed by atoms with van der Waals surface area (Å²) in [5.74, 6) is 0.168. The van der Waals surface area contributed by atoms with Crippen molar-refractivity contribution in [1.29, 1.82) is 0 Å². The zero-order valence-electron chi connectivity index (χ0n) is 19.7. The molecule has 0 saturated carbocycles. The molecule has 7 nitrogen and oxygen atoms in total. The zero-order chi connectivity index (χ0) is 25.1. The Labute approximate surface area is 207 Å². The fraction of sp³-hybridized carbons (Fsp3) is 0.222. The molecule has 0 bridgehead atoms. The second-order valence-electron chi connectivity index (χ2n) is 8.22. The van der Waals surface area contributed by atoms with Gasteiger partial charge in [-0.05, 0) is 49.2 Å². The van der Waals surface area contributed by atoms with Crippen LogP contribution in [0.3, 0.4) is 0 Å². The summed E-state index contributed by atoms with van der Waals surface area (Å²) in [4.78, 5) is 40.7. The van der Waals surface area contributed by atoms with Gasteiger partial charge in [-0.25, -0.2) is 9.36 Å². The van der Waals surface area contributed by atoms with Gasteiger partial charge in [0.05, 0.1) is 29.7 Å². The third-order valence-corrected chi connectivity index (χ3v) is 6.26. The molecule has 2 atom stereocenters. The summed E-state index contributed by atoms with van der Waals surface area (Å²) >= 11 is 6.24. The summed E-state index contributed by atoms with van der Waals surface area (Å²) in [5, 5.41) is 3.64. The number of halogens is 1. The van der Waals surface area contributed by atoms with Gasteiger partial charge in [0.2, 0.25) is 5.91 Å². The van der Waals surface area contributed by atoms with E-state index in [-0.39, 0.29) is 17.3 Å². The van der Waals surface area contributed by atoms with Gasteiger partial charge in [0.25, 0.3) is 5.56 Å². The Morgan fingerprint density at radius 2 is 1.77 bits per heavy atom. The summed E-state index contributed by atoms with van der Waals surface area (Å²) in [6.07, 6.45) is 0.325. The van der Waals surface area contributed by atoms with Crippen molar-refractivity contribution in [1.82, 2.24) is 14.5 Å². The number of nitrogens with one attached hydrogen (secondary N) is 1. The van der Waals surface area contributed by atoms with E-state index < -0.39 is 17.3 Å². The molecule has 0 unspecified atom stereocenters. The van der Waals surface area contributed by atoms with Gasteiger partial charge in [-0.2, -0.15) is 0 Å². The smallest absolute Gasteiger partial charge is 0.336 e. The minimum atomic E-state index is -0.868. The summed E-state index contributed by atoms with van der Waals surface area (Å²) in [6.45, 7) is 3.70. The number of nitrogens with zero attached hydrogens (tertiary/aromatic N) is 2. The Bertz CT molecular complexity index is 1490. The number of carbonyl (C=O) groups excluding carboxylic acids is 1. The lowest BCUT2D eigenvalue weighted by Gasteiger charge is -2.24. The fourth-order valence-corrected chi connectivity index (χ4v) is 4.37. The summed E-state index contributed by atoms with van der Waals surface area (Å²) < 4.78 is 7.70. The van der Waals surface area contributed by atoms with Crippen molar-refractivity contribution in [2.24, 2.45) is 0 Å². The second kappa shape index (κ2) is 10.2. The van der Waals surface area contributed by atoms with Gasteiger partial charge in [-0.1, -0.05) is 54.9 Å². The molecule has 1 amide bonds. The Morgan fingerprint density at radius 1 is 1.03 bits per heavy atom. The average Bonchev–Trinajstić information content (AvgIpc) is 2.87. The van der Waals surface area contributed by atoms with Crippen molar-refractivity contribution in [2.45, 2.75) is 32.4 Å². The number of amides is 1. The van der Waals surface area contributed by atoms with Crippen molar-refractivity contribution in [3.8, 4) is 11.4 Å². The maximum Gasteiger partial charge on any atom is 0.336 e. The van der Waals surface area contributed by atoms with E-state index in [9.17, 15) is 14.4 Å². The van der Waals surface area contributed by atoms with Crippen LogP contribution < -0.4 is 21.3 Å². The second-order valence-corrected chi connectivity index (χ2v) is 8.66. The standard InChI is InChI=1S/C27H26ClN3O4/c1-4-23(25(32)29-17(2)18-9-6-5-7-10-18)31-24-15-19(28)13-14-22(24)26(33)30(27(31)34)20-11-8-12-21(16-20)35-3/h5-17,23H,4H2,1-3H3,(H,29,32)/t17-,23+/m1/s1. The highest BCUT2D eigenvalue weighted by Crippen LogP contribution is 2.23. The highest BCUT2D eigenvalue weighted by Gasteiger charge is 2.26. The zero-order valence-corrected chi connectivity index (χ0v) is 20.5. The fourth-order valence-electron chi connectivity index (χ4n) is 4.20. The van der Waals surface area contributed by atoms with Crippen LogP contribution in [0.5, 0.6) is 5.75 Å². The molecular weight excluding hydrogens is 466 g/mol. The first-order valence-electron chi connectivity index (χ1n) is 11.3. The van der Waals surface area contributed by atoms with Crippen molar-refractivity contribution >= 4 is 28.4 Å². The highest BCUT2D eigenvalue weighted by molar-refractivity contribution is 6.31. The van der Waals surface area contributed by atoms with Crippen molar-refractivity contribution in [3.05, 3.63) is 104 Å². The molecule has 0 aliphatic carbocycles. The number of rotatable bonds is 7. The van der Waals surface area contributed by atoms with Crippen LogP contribution in [0.25, 0.3) is 16.6 Å². The molecule has 0 aliphatic heterocycles. The van der Waals surface area contributed by atoms with E-state index in [0.717, 1.165) is 10.1 Å². The van der Waals surface area contributed by atoms with Gasteiger partial charge in [0.1, 0.15) is 11.8 Å².